The maximum atomic E-state index is 13.5. The predicted octanol–water partition coefficient (Wildman–Crippen LogP) is 3.17. The zero-order chi connectivity index (χ0) is 21.5. The molecule has 3 heterocycles. The Labute approximate surface area is 179 Å². The molecule has 3 aromatic rings. The van der Waals surface area contributed by atoms with E-state index >= 15 is 0 Å². The van der Waals surface area contributed by atoms with Crippen molar-refractivity contribution in [3.63, 3.8) is 0 Å². The van der Waals surface area contributed by atoms with Crippen LogP contribution in [0.5, 0.6) is 0 Å². The zero-order valence-electron chi connectivity index (χ0n) is 17.7. The first kappa shape index (κ1) is 19.8. The summed E-state index contributed by atoms with van der Waals surface area (Å²) >= 11 is 0. The maximum Gasteiger partial charge on any atom is 0.278 e. The largest absolute Gasteiger partial charge is 0.322 e. The molecule has 2 N–H and O–H groups in total. The number of hydrogen-bond acceptors (Lipinski definition) is 4. The maximum absolute atomic E-state index is 13.5. The SMILES string of the molecule is CCCc1[nH]n(-c2nc3ccccc3[nH]2)c(=O)c1[C@@H]1CC(=O)N(C2CCCCC2)C1=O. The highest BCUT2D eigenvalue weighted by atomic mass is 16.2. The second-order valence-electron chi connectivity index (χ2n) is 8.62. The Morgan fingerprint density at radius 3 is 2.61 bits per heavy atom. The van der Waals surface area contributed by atoms with E-state index in [0.29, 0.717) is 23.6 Å². The number of imidazole rings is 1. The van der Waals surface area contributed by atoms with Gasteiger partial charge in [-0.1, -0.05) is 44.7 Å². The summed E-state index contributed by atoms with van der Waals surface area (Å²) in [5, 5.41) is 3.16. The molecular weight excluding hydrogens is 394 g/mol. The van der Waals surface area contributed by atoms with E-state index in [-0.39, 0.29) is 29.8 Å². The number of carbonyl (C=O) groups excluding carboxylic acids is 2. The topological polar surface area (TPSA) is 104 Å². The monoisotopic (exact) mass is 421 g/mol. The van der Waals surface area contributed by atoms with Gasteiger partial charge in [-0.3, -0.25) is 24.4 Å². The van der Waals surface area contributed by atoms with Gasteiger partial charge in [0.25, 0.3) is 5.56 Å². The molecule has 0 bridgehead atoms. The number of nitrogens with one attached hydrogen (secondary N) is 2. The number of imide groups is 1. The Kier molecular flexibility index (Phi) is 5.00. The van der Waals surface area contributed by atoms with Gasteiger partial charge < -0.3 is 4.98 Å². The number of H-pyrrole nitrogens is 2. The molecular formula is C23H27N5O3. The van der Waals surface area contributed by atoms with Crippen LogP contribution in [0.2, 0.25) is 0 Å². The Hall–Kier alpha value is -3.16. The van der Waals surface area contributed by atoms with Crippen molar-refractivity contribution in [2.75, 3.05) is 0 Å². The number of benzene rings is 1. The number of amides is 2. The van der Waals surface area contributed by atoms with Gasteiger partial charge in [0.2, 0.25) is 17.8 Å². The number of para-hydroxylation sites is 2. The van der Waals surface area contributed by atoms with Gasteiger partial charge in [0, 0.05) is 18.2 Å². The molecule has 0 radical (unpaired) electrons. The normalized spacial score (nSPS) is 20.3. The highest BCUT2D eigenvalue weighted by Crippen LogP contribution is 2.35. The molecule has 1 atom stereocenters. The van der Waals surface area contributed by atoms with Crippen LogP contribution in [0.15, 0.2) is 29.1 Å². The molecule has 2 aliphatic rings. The van der Waals surface area contributed by atoms with Crippen molar-refractivity contribution in [2.24, 2.45) is 0 Å². The molecule has 8 nitrogen and oxygen atoms in total. The number of aryl methyl sites for hydroxylation is 1. The lowest BCUT2D eigenvalue weighted by Gasteiger charge is -2.29. The van der Waals surface area contributed by atoms with Gasteiger partial charge in [0.15, 0.2) is 0 Å². The van der Waals surface area contributed by atoms with E-state index in [4.69, 9.17) is 0 Å². The number of fused-ring (bicyclic) bond motifs is 1. The van der Waals surface area contributed by atoms with E-state index in [2.05, 4.69) is 15.1 Å². The van der Waals surface area contributed by atoms with Crippen LogP contribution >= 0.6 is 0 Å². The average Bonchev–Trinajstić information content (AvgIpc) is 3.42. The molecule has 2 fully saturated rings. The molecule has 31 heavy (non-hydrogen) atoms. The Bertz CT molecular complexity index is 1160. The van der Waals surface area contributed by atoms with E-state index in [9.17, 15) is 14.4 Å². The van der Waals surface area contributed by atoms with Crippen molar-refractivity contribution in [1.82, 2.24) is 24.6 Å². The van der Waals surface area contributed by atoms with Gasteiger partial charge in [0.05, 0.1) is 22.5 Å². The minimum absolute atomic E-state index is 0.0232. The van der Waals surface area contributed by atoms with Crippen LogP contribution in [0.3, 0.4) is 0 Å². The zero-order valence-corrected chi connectivity index (χ0v) is 17.7. The number of aromatic amines is 2. The third-order valence-electron chi connectivity index (χ3n) is 6.57. The first-order chi connectivity index (χ1) is 15.1. The molecule has 2 amide bonds. The standard InChI is InChI=1S/C23H27N5O3/c1-2-8-18-20(15-13-19(29)27(21(15)30)14-9-4-3-5-10-14)22(31)28(26-18)23-24-16-11-6-7-12-17(16)25-23/h6-7,11-12,14-15,26H,2-5,8-10,13H2,1H3,(H,24,25)/t15-/m0/s1. The smallest absolute Gasteiger partial charge is 0.278 e. The number of hydrogen-bond donors (Lipinski definition) is 2. The molecule has 1 saturated heterocycles. The van der Waals surface area contributed by atoms with E-state index in [1.54, 1.807) is 0 Å². The molecule has 5 rings (SSSR count). The minimum atomic E-state index is -0.717. The van der Waals surface area contributed by atoms with Crippen molar-refractivity contribution >= 4 is 22.8 Å². The molecule has 8 heteroatoms. The van der Waals surface area contributed by atoms with Crippen molar-refractivity contribution < 1.29 is 9.59 Å². The second kappa shape index (κ2) is 7.83. The number of likely N-dealkylation sites (tertiary alicyclic amines) is 1. The Morgan fingerprint density at radius 1 is 1.10 bits per heavy atom. The van der Waals surface area contributed by atoms with Gasteiger partial charge in [-0.05, 0) is 31.4 Å². The van der Waals surface area contributed by atoms with Gasteiger partial charge >= 0.3 is 0 Å². The lowest BCUT2D eigenvalue weighted by atomic mass is 9.93. The molecule has 1 saturated carbocycles. The van der Waals surface area contributed by atoms with Crippen LogP contribution in [0, 0.1) is 0 Å². The average molecular weight is 422 g/mol. The Balaban J connectivity index is 1.55. The number of carbonyl (C=O) groups is 2. The van der Waals surface area contributed by atoms with E-state index in [1.807, 2.05) is 31.2 Å². The summed E-state index contributed by atoms with van der Waals surface area (Å²) in [6, 6.07) is 7.54. The summed E-state index contributed by atoms with van der Waals surface area (Å²) in [7, 11) is 0. The van der Waals surface area contributed by atoms with Crippen LogP contribution < -0.4 is 5.56 Å². The molecule has 1 aromatic carbocycles. The summed E-state index contributed by atoms with van der Waals surface area (Å²) < 4.78 is 1.38. The van der Waals surface area contributed by atoms with Gasteiger partial charge in [-0.25, -0.2) is 4.98 Å². The quantitative estimate of drug-likeness (QED) is 0.618. The molecule has 2 aromatic heterocycles. The fraction of sp³-hybridized carbons (Fsp3) is 0.478. The first-order valence-electron chi connectivity index (χ1n) is 11.2. The summed E-state index contributed by atoms with van der Waals surface area (Å²) in [6.45, 7) is 2.02. The van der Waals surface area contributed by atoms with Crippen molar-refractivity contribution in [3.05, 3.63) is 45.9 Å². The summed E-state index contributed by atoms with van der Waals surface area (Å²) in [5.74, 6) is -0.705. The van der Waals surface area contributed by atoms with E-state index < -0.39 is 5.92 Å². The molecule has 1 aliphatic heterocycles. The van der Waals surface area contributed by atoms with Crippen LogP contribution in [-0.2, 0) is 16.0 Å². The number of rotatable bonds is 5. The molecule has 0 spiro atoms. The van der Waals surface area contributed by atoms with Gasteiger partial charge in [-0.2, -0.15) is 4.68 Å². The fourth-order valence-corrected chi connectivity index (χ4v) is 5.09. The van der Waals surface area contributed by atoms with Gasteiger partial charge in [-0.15, -0.1) is 0 Å². The first-order valence-corrected chi connectivity index (χ1v) is 11.2. The highest BCUT2D eigenvalue weighted by molar-refractivity contribution is 6.06. The van der Waals surface area contributed by atoms with E-state index in [0.717, 1.165) is 49.6 Å². The molecule has 1 aliphatic carbocycles. The van der Waals surface area contributed by atoms with Crippen LogP contribution in [0.1, 0.15) is 69.0 Å². The third kappa shape index (κ3) is 3.30. The van der Waals surface area contributed by atoms with Crippen molar-refractivity contribution in [1.29, 1.82) is 0 Å². The van der Waals surface area contributed by atoms with Crippen molar-refractivity contribution in [3.8, 4) is 5.95 Å². The second-order valence-corrected chi connectivity index (χ2v) is 8.62. The van der Waals surface area contributed by atoms with Crippen LogP contribution in [0.4, 0.5) is 0 Å². The Morgan fingerprint density at radius 2 is 1.87 bits per heavy atom. The fourth-order valence-electron chi connectivity index (χ4n) is 5.09. The molecule has 0 unspecified atom stereocenters. The van der Waals surface area contributed by atoms with E-state index in [1.165, 1.54) is 9.58 Å². The lowest BCUT2D eigenvalue weighted by molar-refractivity contribution is -0.142. The predicted molar refractivity (Wildman–Crippen MR) is 116 cm³/mol. The summed E-state index contributed by atoms with van der Waals surface area (Å²) in [5.41, 5.74) is 2.41. The number of nitrogens with zero attached hydrogens (tertiary/aromatic N) is 3. The van der Waals surface area contributed by atoms with Crippen LogP contribution in [0.25, 0.3) is 17.0 Å². The van der Waals surface area contributed by atoms with Gasteiger partial charge in [0.1, 0.15) is 0 Å². The highest BCUT2D eigenvalue weighted by Gasteiger charge is 2.45. The lowest BCUT2D eigenvalue weighted by Crippen LogP contribution is -2.41. The third-order valence-corrected chi connectivity index (χ3v) is 6.57. The summed E-state index contributed by atoms with van der Waals surface area (Å²) in [4.78, 5) is 48.7. The molecule has 162 valence electrons. The van der Waals surface area contributed by atoms with Crippen LogP contribution in [-0.4, -0.2) is 42.5 Å². The van der Waals surface area contributed by atoms with Crippen molar-refractivity contribution in [2.45, 2.75) is 70.3 Å². The summed E-state index contributed by atoms with van der Waals surface area (Å²) in [6.07, 6.45) is 6.46. The number of aromatic nitrogens is 4. The minimum Gasteiger partial charge on any atom is -0.322 e.